The Bertz CT molecular complexity index is 1320. The summed E-state index contributed by atoms with van der Waals surface area (Å²) in [6, 6.07) is 1.37. The van der Waals surface area contributed by atoms with Gasteiger partial charge in [-0.05, 0) is 48.9 Å². The van der Waals surface area contributed by atoms with Crippen molar-refractivity contribution in [2.75, 3.05) is 53.0 Å². The van der Waals surface area contributed by atoms with Crippen molar-refractivity contribution < 1.29 is 50.7 Å². The first-order valence-corrected chi connectivity index (χ1v) is 15.9. The molecule has 268 valence electrons. The van der Waals surface area contributed by atoms with Crippen LogP contribution < -0.4 is 10.6 Å². The van der Waals surface area contributed by atoms with Gasteiger partial charge in [-0.15, -0.1) is 0 Å². The van der Waals surface area contributed by atoms with E-state index in [2.05, 4.69) is 10.2 Å². The fraction of sp³-hybridized carbons (Fsp3) is 0.656. The van der Waals surface area contributed by atoms with Crippen LogP contribution in [0.5, 0.6) is 0 Å². The molecule has 0 spiro atoms. The second-order valence-corrected chi connectivity index (χ2v) is 12.8. The molecule has 2 fully saturated rings. The molecular weight excluding hydrogens is 645 g/mol. The molecular formula is C32H44F5N5O6. The molecule has 16 heteroatoms. The number of likely N-dealkylation sites (tertiary alicyclic amines) is 1. The largest absolute Gasteiger partial charge is 0.461 e. The maximum atomic E-state index is 13.9. The SMILES string of the molecule is CC(C)C(NC(=O)[C@@H]1CCCN1C(=O)[C@@H](NC(=O)c1ccc(C(=O)N(C)CCN2CCOCC2)cc1)C(C)C)C(=O)C(F)(F)C(F)(F)F. The van der Waals surface area contributed by atoms with Crippen molar-refractivity contribution in [3.8, 4) is 0 Å². The van der Waals surface area contributed by atoms with Gasteiger partial charge in [0.2, 0.25) is 17.6 Å². The molecule has 2 heterocycles. The van der Waals surface area contributed by atoms with Crippen LogP contribution >= 0.6 is 0 Å². The lowest BCUT2D eigenvalue weighted by molar-refractivity contribution is -0.270. The van der Waals surface area contributed by atoms with Crippen LogP contribution in [0.4, 0.5) is 22.0 Å². The number of nitrogens with one attached hydrogen (secondary N) is 2. The monoisotopic (exact) mass is 689 g/mol. The Morgan fingerprint density at radius 3 is 1.98 bits per heavy atom. The number of ketones is 1. The maximum Gasteiger partial charge on any atom is 0.461 e. The molecule has 0 saturated carbocycles. The van der Waals surface area contributed by atoms with Crippen LogP contribution in [0.2, 0.25) is 0 Å². The molecule has 48 heavy (non-hydrogen) atoms. The second kappa shape index (κ2) is 16.2. The zero-order valence-electron chi connectivity index (χ0n) is 27.7. The third-order valence-electron chi connectivity index (χ3n) is 8.57. The highest BCUT2D eigenvalue weighted by atomic mass is 19.4. The van der Waals surface area contributed by atoms with Gasteiger partial charge in [-0.1, -0.05) is 27.7 Å². The predicted molar refractivity (Wildman–Crippen MR) is 164 cm³/mol. The van der Waals surface area contributed by atoms with E-state index in [0.717, 1.165) is 18.0 Å². The van der Waals surface area contributed by atoms with Gasteiger partial charge in [0.15, 0.2) is 0 Å². The summed E-state index contributed by atoms with van der Waals surface area (Å²) in [4.78, 5) is 70.0. The number of alkyl halides is 5. The van der Waals surface area contributed by atoms with Gasteiger partial charge in [-0.2, -0.15) is 22.0 Å². The van der Waals surface area contributed by atoms with Gasteiger partial charge >= 0.3 is 12.1 Å². The second-order valence-electron chi connectivity index (χ2n) is 12.8. The molecule has 0 bridgehead atoms. The fourth-order valence-corrected chi connectivity index (χ4v) is 5.54. The lowest BCUT2D eigenvalue weighted by Gasteiger charge is -2.32. The van der Waals surface area contributed by atoms with Crippen molar-refractivity contribution in [2.24, 2.45) is 11.8 Å². The molecule has 2 aliphatic heterocycles. The Morgan fingerprint density at radius 1 is 0.875 bits per heavy atom. The summed E-state index contributed by atoms with van der Waals surface area (Å²) < 4.78 is 71.7. The first-order chi connectivity index (χ1) is 22.4. The summed E-state index contributed by atoms with van der Waals surface area (Å²) >= 11 is 0. The van der Waals surface area contributed by atoms with Gasteiger partial charge in [-0.3, -0.25) is 28.9 Å². The Balaban J connectivity index is 1.66. The number of hydrogen-bond acceptors (Lipinski definition) is 7. The third-order valence-corrected chi connectivity index (χ3v) is 8.57. The number of rotatable bonds is 13. The lowest BCUT2D eigenvalue weighted by Crippen LogP contribution is -2.60. The van der Waals surface area contributed by atoms with Gasteiger partial charge in [-0.25, -0.2) is 0 Å². The fourth-order valence-electron chi connectivity index (χ4n) is 5.54. The van der Waals surface area contributed by atoms with Crippen molar-refractivity contribution in [2.45, 2.75) is 70.8 Å². The van der Waals surface area contributed by atoms with E-state index >= 15 is 0 Å². The first-order valence-electron chi connectivity index (χ1n) is 15.9. The average Bonchev–Trinajstić information content (AvgIpc) is 3.54. The number of hydrogen-bond donors (Lipinski definition) is 2. The Hall–Kier alpha value is -3.66. The van der Waals surface area contributed by atoms with Crippen LogP contribution in [-0.4, -0.2) is 127 Å². The van der Waals surface area contributed by atoms with E-state index in [1.807, 2.05) is 5.32 Å². The highest BCUT2D eigenvalue weighted by Gasteiger charge is 2.65. The van der Waals surface area contributed by atoms with Crippen LogP contribution in [-0.2, 0) is 19.1 Å². The Kier molecular flexibility index (Phi) is 13.1. The highest BCUT2D eigenvalue weighted by molar-refractivity contribution is 6.01. The van der Waals surface area contributed by atoms with E-state index in [1.165, 1.54) is 38.1 Å². The van der Waals surface area contributed by atoms with E-state index < -0.39 is 65.6 Å². The normalized spacial score (nSPS) is 18.8. The van der Waals surface area contributed by atoms with Gasteiger partial charge in [0.25, 0.3) is 11.8 Å². The molecule has 3 rings (SSSR count). The van der Waals surface area contributed by atoms with Crippen LogP contribution in [0.3, 0.4) is 0 Å². The standard InChI is InChI=1S/C32H44F5N5O6/c1-19(2)24(26(43)31(33,34)32(35,36)37)38-28(45)23-7-6-12-42(23)30(47)25(20(3)4)39-27(44)21-8-10-22(11-9-21)29(46)40(5)13-14-41-15-17-48-18-16-41/h8-11,19-20,23-25H,6-7,12-18H2,1-5H3,(H,38,45)(H,39,44)/t23-,24?,25-/m0/s1. The number of carbonyl (C=O) groups excluding carboxylic acids is 5. The lowest BCUT2D eigenvalue weighted by atomic mass is 9.95. The highest BCUT2D eigenvalue weighted by Crippen LogP contribution is 2.37. The molecule has 1 unspecified atom stereocenters. The molecule has 3 atom stereocenters. The van der Waals surface area contributed by atoms with Crippen molar-refractivity contribution in [1.82, 2.24) is 25.3 Å². The van der Waals surface area contributed by atoms with E-state index in [4.69, 9.17) is 4.74 Å². The number of halogens is 5. The summed E-state index contributed by atoms with van der Waals surface area (Å²) in [5.41, 5.74) is 0.533. The summed E-state index contributed by atoms with van der Waals surface area (Å²) in [6.45, 7) is 9.90. The summed E-state index contributed by atoms with van der Waals surface area (Å²) in [5.74, 6) is -12.3. The molecule has 0 aromatic heterocycles. The number of amides is 4. The molecule has 1 aromatic carbocycles. The molecule has 1 aromatic rings. The zero-order valence-corrected chi connectivity index (χ0v) is 27.7. The number of morpholine rings is 1. The molecule has 4 amide bonds. The van der Waals surface area contributed by atoms with Gasteiger partial charge in [0, 0.05) is 50.9 Å². The topological polar surface area (TPSA) is 128 Å². The van der Waals surface area contributed by atoms with Crippen molar-refractivity contribution in [3.05, 3.63) is 35.4 Å². The van der Waals surface area contributed by atoms with Crippen molar-refractivity contribution >= 4 is 29.4 Å². The van der Waals surface area contributed by atoms with E-state index in [0.29, 0.717) is 38.3 Å². The van der Waals surface area contributed by atoms with Crippen LogP contribution in [0.15, 0.2) is 24.3 Å². The van der Waals surface area contributed by atoms with Gasteiger partial charge < -0.3 is 25.2 Å². The van der Waals surface area contributed by atoms with E-state index in [1.54, 1.807) is 25.8 Å². The van der Waals surface area contributed by atoms with E-state index in [9.17, 15) is 45.9 Å². The minimum atomic E-state index is -6.14. The zero-order chi connectivity index (χ0) is 36.0. The Morgan fingerprint density at radius 2 is 1.44 bits per heavy atom. The van der Waals surface area contributed by atoms with Crippen molar-refractivity contribution in [1.29, 1.82) is 0 Å². The summed E-state index contributed by atoms with van der Waals surface area (Å²) in [5, 5.41) is 4.67. The van der Waals surface area contributed by atoms with Gasteiger partial charge in [0.05, 0.1) is 19.3 Å². The minimum Gasteiger partial charge on any atom is -0.379 e. The summed E-state index contributed by atoms with van der Waals surface area (Å²) in [6.07, 6.45) is -5.76. The number of nitrogens with zero attached hydrogens (tertiary/aromatic N) is 3. The molecule has 11 nitrogen and oxygen atoms in total. The minimum absolute atomic E-state index is 0.0604. The van der Waals surface area contributed by atoms with Crippen LogP contribution in [0.1, 0.15) is 61.3 Å². The number of carbonyl (C=O) groups is 5. The smallest absolute Gasteiger partial charge is 0.379 e. The van der Waals surface area contributed by atoms with E-state index in [-0.39, 0.29) is 24.4 Å². The van der Waals surface area contributed by atoms with Crippen LogP contribution in [0.25, 0.3) is 0 Å². The predicted octanol–water partition coefficient (Wildman–Crippen LogP) is 2.74. The number of Topliss-reactive ketones (excluding diaryl/α,β-unsaturated/α-hetero) is 1. The molecule has 0 radical (unpaired) electrons. The number of benzene rings is 1. The number of likely N-dealkylation sites (N-methyl/N-ethyl adjacent to an activating group) is 1. The third kappa shape index (κ3) is 9.27. The number of ether oxygens (including phenoxy) is 1. The van der Waals surface area contributed by atoms with Crippen molar-refractivity contribution in [3.63, 3.8) is 0 Å². The van der Waals surface area contributed by atoms with Gasteiger partial charge in [0.1, 0.15) is 12.1 Å². The molecule has 2 saturated heterocycles. The van der Waals surface area contributed by atoms with Crippen LogP contribution in [0, 0.1) is 11.8 Å². The molecule has 0 aliphatic carbocycles. The molecule has 2 aliphatic rings. The molecule has 2 N–H and O–H groups in total. The average molecular weight is 690 g/mol. The quantitative estimate of drug-likeness (QED) is 0.305. The Labute approximate surface area is 276 Å². The first kappa shape index (κ1) is 38.8. The maximum absolute atomic E-state index is 13.9. The summed E-state index contributed by atoms with van der Waals surface area (Å²) in [7, 11) is 1.69.